The van der Waals surface area contributed by atoms with E-state index in [1.807, 2.05) is 12.2 Å². The highest BCUT2D eigenvalue weighted by molar-refractivity contribution is 5.87. The van der Waals surface area contributed by atoms with Crippen LogP contribution in [0.3, 0.4) is 0 Å². The van der Waals surface area contributed by atoms with Crippen molar-refractivity contribution < 1.29 is 24.1 Å². The summed E-state index contributed by atoms with van der Waals surface area (Å²) in [5.41, 5.74) is 0.206. The smallest absolute Gasteiger partial charge is 0.335 e. The van der Waals surface area contributed by atoms with Crippen molar-refractivity contribution in [3.05, 3.63) is 53.8 Å². The molecule has 1 aliphatic heterocycles. The van der Waals surface area contributed by atoms with Crippen molar-refractivity contribution in [2.45, 2.75) is 6.29 Å². The van der Waals surface area contributed by atoms with E-state index in [4.69, 9.17) is 19.3 Å². The van der Waals surface area contributed by atoms with Gasteiger partial charge in [0.2, 0.25) is 0 Å². The summed E-state index contributed by atoms with van der Waals surface area (Å²) in [6.45, 7) is 0.479. The Morgan fingerprint density at radius 3 is 2.63 bits per heavy atom. The fourth-order valence-corrected chi connectivity index (χ4v) is 1.58. The average molecular weight is 262 g/mol. The number of carbonyl (C=O) groups is 1. The van der Waals surface area contributed by atoms with E-state index in [-0.39, 0.29) is 5.56 Å². The Morgan fingerprint density at radius 1 is 1.37 bits per heavy atom. The van der Waals surface area contributed by atoms with Gasteiger partial charge in [-0.3, -0.25) is 0 Å². The van der Waals surface area contributed by atoms with Crippen LogP contribution in [0.4, 0.5) is 0 Å². The molecule has 1 atom stereocenters. The van der Waals surface area contributed by atoms with Crippen LogP contribution in [-0.2, 0) is 9.47 Å². The van der Waals surface area contributed by atoms with Crippen molar-refractivity contribution in [1.29, 1.82) is 0 Å². The molecule has 1 N–H and O–H groups in total. The van der Waals surface area contributed by atoms with Gasteiger partial charge in [0.1, 0.15) is 12.4 Å². The number of allylic oxidation sites excluding steroid dienone is 2. The van der Waals surface area contributed by atoms with E-state index < -0.39 is 12.3 Å². The summed E-state index contributed by atoms with van der Waals surface area (Å²) in [4.78, 5) is 10.7. The first-order valence-corrected chi connectivity index (χ1v) is 5.73. The first kappa shape index (κ1) is 13.2. The van der Waals surface area contributed by atoms with Crippen LogP contribution in [0.25, 0.3) is 0 Å². The largest absolute Gasteiger partial charge is 0.487 e. The number of rotatable bonds is 5. The molecule has 19 heavy (non-hydrogen) atoms. The van der Waals surface area contributed by atoms with Gasteiger partial charge in [0.25, 0.3) is 6.29 Å². The summed E-state index contributed by atoms with van der Waals surface area (Å²) in [6, 6.07) is 6.10. The third kappa shape index (κ3) is 3.35. The van der Waals surface area contributed by atoms with Crippen LogP contribution in [0, 0.1) is 0 Å². The van der Waals surface area contributed by atoms with Gasteiger partial charge >= 0.3 is 5.97 Å². The molecular weight excluding hydrogens is 248 g/mol. The van der Waals surface area contributed by atoms with Crippen molar-refractivity contribution in [1.82, 2.24) is 0 Å². The maximum Gasteiger partial charge on any atom is 0.335 e. The van der Waals surface area contributed by atoms with Gasteiger partial charge in [0, 0.05) is 7.11 Å². The minimum atomic E-state index is -0.974. The third-order valence-electron chi connectivity index (χ3n) is 2.53. The van der Waals surface area contributed by atoms with E-state index in [0.717, 1.165) is 0 Å². The average Bonchev–Trinajstić information content (AvgIpc) is 2.46. The molecule has 1 aromatic rings. The molecule has 0 amide bonds. The van der Waals surface area contributed by atoms with E-state index in [0.29, 0.717) is 18.1 Å². The maximum atomic E-state index is 10.7. The molecule has 2 rings (SSSR count). The standard InChI is InChI=1S/C14H14O5/c1-17-14(12-4-2-3-9-18-12)19-11-7-5-10(6-8-11)13(15)16/h2-8,14H,9H2,1H3,(H,15,16). The molecule has 5 nitrogen and oxygen atoms in total. The molecule has 1 heterocycles. The summed E-state index contributed by atoms with van der Waals surface area (Å²) in [7, 11) is 1.51. The van der Waals surface area contributed by atoms with Crippen LogP contribution in [0.1, 0.15) is 10.4 Å². The van der Waals surface area contributed by atoms with Crippen LogP contribution >= 0.6 is 0 Å². The lowest BCUT2D eigenvalue weighted by atomic mass is 10.2. The van der Waals surface area contributed by atoms with Gasteiger partial charge in [0.15, 0.2) is 5.76 Å². The van der Waals surface area contributed by atoms with E-state index in [1.54, 1.807) is 18.2 Å². The number of hydrogen-bond donors (Lipinski definition) is 1. The Balaban J connectivity index is 2.07. The number of carboxylic acid groups (broad SMARTS) is 1. The summed E-state index contributed by atoms with van der Waals surface area (Å²) in [6.07, 6.45) is 4.85. The number of benzene rings is 1. The number of hydrogen-bond acceptors (Lipinski definition) is 4. The van der Waals surface area contributed by atoms with E-state index in [1.165, 1.54) is 19.2 Å². The van der Waals surface area contributed by atoms with Crippen molar-refractivity contribution in [2.24, 2.45) is 0 Å². The number of aromatic carboxylic acids is 1. The Labute approximate surface area is 110 Å². The van der Waals surface area contributed by atoms with Crippen LogP contribution in [-0.4, -0.2) is 31.1 Å². The van der Waals surface area contributed by atoms with Crippen molar-refractivity contribution in [3.63, 3.8) is 0 Å². The third-order valence-corrected chi connectivity index (χ3v) is 2.53. The van der Waals surface area contributed by atoms with Gasteiger partial charge in [-0.05, 0) is 36.4 Å². The lowest BCUT2D eigenvalue weighted by Crippen LogP contribution is -2.24. The first-order chi connectivity index (χ1) is 9.20. The molecule has 1 aromatic carbocycles. The minimum absolute atomic E-state index is 0.206. The number of carboxylic acids is 1. The molecule has 0 radical (unpaired) electrons. The molecule has 100 valence electrons. The lowest BCUT2D eigenvalue weighted by Gasteiger charge is -2.21. The van der Waals surface area contributed by atoms with Crippen LogP contribution in [0.2, 0.25) is 0 Å². The molecule has 0 aliphatic carbocycles. The second-order valence-corrected chi connectivity index (χ2v) is 3.82. The predicted molar refractivity (Wildman–Crippen MR) is 68.0 cm³/mol. The molecule has 0 saturated heterocycles. The highest BCUT2D eigenvalue weighted by atomic mass is 16.7. The topological polar surface area (TPSA) is 65.0 Å². The highest BCUT2D eigenvalue weighted by Crippen LogP contribution is 2.19. The van der Waals surface area contributed by atoms with E-state index >= 15 is 0 Å². The monoisotopic (exact) mass is 262 g/mol. The normalized spacial score (nSPS) is 15.3. The Bertz CT molecular complexity index is 501. The van der Waals surface area contributed by atoms with E-state index in [9.17, 15) is 4.79 Å². The van der Waals surface area contributed by atoms with Crippen molar-refractivity contribution in [3.8, 4) is 5.75 Å². The van der Waals surface area contributed by atoms with Gasteiger partial charge < -0.3 is 19.3 Å². The number of methoxy groups -OCH3 is 1. The van der Waals surface area contributed by atoms with Gasteiger partial charge in [0.05, 0.1) is 5.56 Å². The zero-order valence-electron chi connectivity index (χ0n) is 10.4. The summed E-state index contributed by atoms with van der Waals surface area (Å²) in [5.74, 6) is 0.113. The Hall–Kier alpha value is -2.27. The fourth-order valence-electron chi connectivity index (χ4n) is 1.58. The molecule has 0 fully saturated rings. The van der Waals surface area contributed by atoms with Crippen molar-refractivity contribution in [2.75, 3.05) is 13.7 Å². The van der Waals surface area contributed by atoms with Crippen LogP contribution in [0.5, 0.6) is 5.75 Å². The Kier molecular flexibility index (Phi) is 4.20. The van der Waals surface area contributed by atoms with Gasteiger partial charge in [-0.15, -0.1) is 0 Å². The molecule has 5 heteroatoms. The first-order valence-electron chi connectivity index (χ1n) is 5.73. The second kappa shape index (κ2) is 6.06. The van der Waals surface area contributed by atoms with E-state index in [2.05, 4.69) is 0 Å². The maximum absolute atomic E-state index is 10.7. The molecule has 0 bridgehead atoms. The molecule has 1 unspecified atom stereocenters. The molecule has 0 aromatic heterocycles. The SMILES string of the molecule is COC(Oc1ccc(C(=O)O)cc1)C1=CC=CCO1. The summed E-state index contributed by atoms with van der Waals surface area (Å²) >= 11 is 0. The van der Waals surface area contributed by atoms with Gasteiger partial charge in [-0.2, -0.15) is 0 Å². The molecule has 0 spiro atoms. The zero-order chi connectivity index (χ0) is 13.7. The number of ether oxygens (including phenoxy) is 3. The predicted octanol–water partition coefficient (Wildman–Crippen LogP) is 2.21. The lowest BCUT2D eigenvalue weighted by molar-refractivity contribution is -0.0601. The zero-order valence-corrected chi connectivity index (χ0v) is 10.4. The van der Waals surface area contributed by atoms with Crippen LogP contribution in [0.15, 0.2) is 48.3 Å². The quantitative estimate of drug-likeness (QED) is 0.824. The summed E-state index contributed by atoms with van der Waals surface area (Å²) < 4.78 is 16.2. The van der Waals surface area contributed by atoms with Crippen molar-refractivity contribution >= 4 is 5.97 Å². The summed E-state index contributed by atoms with van der Waals surface area (Å²) in [5, 5.41) is 8.81. The molecule has 0 saturated carbocycles. The highest BCUT2D eigenvalue weighted by Gasteiger charge is 2.18. The second-order valence-electron chi connectivity index (χ2n) is 3.82. The fraction of sp³-hybridized carbons (Fsp3) is 0.214. The van der Waals surface area contributed by atoms with Crippen LogP contribution < -0.4 is 4.74 Å². The molecule has 1 aliphatic rings. The van der Waals surface area contributed by atoms with Gasteiger partial charge in [-0.1, -0.05) is 6.08 Å². The minimum Gasteiger partial charge on any atom is -0.487 e. The molecular formula is C14H14O5. The Morgan fingerprint density at radius 2 is 2.11 bits per heavy atom. The van der Waals surface area contributed by atoms with Gasteiger partial charge in [-0.25, -0.2) is 4.79 Å².